The molecule has 0 aliphatic carbocycles. The molecule has 0 amide bonds. The highest BCUT2D eigenvalue weighted by Crippen LogP contribution is 2.12. The Balaban J connectivity index is 1.88. The van der Waals surface area contributed by atoms with Gasteiger partial charge in [-0.15, -0.1) is 0 Å². The van der Waals surface area contributed by atoms with Crippen molar-refractivity contribution in [3.8, 4) is 0 Å². The standard InChI is InChI=1S/C16H22N4/c1-13(9-10-14-7-5-4-6-8-14)18-15-11-12-17-16(19-15)20(2)3/h4-8,11-13H,9-10H2,1-3H3,(H,17,18,19). The normalized spacial score (nSPS) is 11.9. The van der Waals surface area contributed by atoms with E-state index in [4.69, 9.17) is 0 Å². The lowest BCUT2D eigenvalue weighted by atomic mass is 10.1. The molecule has 0 aliphatic heterocycles. The Morgan fingerprint density at radius 2 is 1.90 bits per heavy atom. The van der Waals surface area contributed by atoms with Gasteiger partial charge in [-0.25, -0.2) is 4.98 Å². The summed E-state index contributed by atoms with van der Waals surface area (Å²) in [6.07, 6.45) is 3.93. The van der Waals surface area contributed by atoms with Crippen LogP contribution in [0.1, 0.15) is 18.9 Å². The second-order valence-corrected chi connectivity index (χ2v) is 5.21. The van der Waals surface area contributed by atoms with Crippen molar-refractivity contribution in [2.24, 2.45) is 0 Å². The van der Waals surface area contributed by atoms with E-state index in [9.17, 15) is 0 Å². The first-order chi connectivity index (χ1) is 9.65. The molecule has 1 atom stereocenters. The summed E-state index contributed by atoms with van der Waals surface area (Å²) in [5.74, 6) is 1.61. The fourth-order valence-corrected chi connectivity index (χ4v) is 2.00. The molecule has 4 nitrogen and oxygen atoms in total. The Hall–Kier alpha value is -2.10. The fourth-order valence-electron chi connectivity index (χ4n) is 2.00. The Morgan fingerprint density at radius 3 is 2.60 bits per heavy atom. The predicted molar refractivity (Wildman–Crippen MR) is 84.2 cm³/mol. The number of nitrogens with zero attached hydrogens (tertiary/aromatic N) is 3. The van der Waals surface area contributed by atoms with Crippen molar-refractivity contribution in [2.75, 3.05) is 24.3 Å². The smallest absolute Gasteiger partial charge is 0.226 e. The first-order valence-corrected chi connectivity index (χ1v) is 6.96. The lowest BCUT2D eigenvalue weighted by Gasteiger charge is -2.16. The molecule has 2 aromatic rings. The molecular formula is C16H22N4. The summed E-state index contributed by atoms with van der Waals surface area (Å²) >= 11 is 0. The van der Waals surface area contributed by atoms with E-state index in [1.54, 1.807) is 6.20 Å². The predicted octanol–water partition coefficient (Wildman–Crippen LogP) is 2.98. The van der Waals surface area contributed by atoms with Crippen LogP contribution in [0.4, 0.5) is 11.8 Å². The molecule has 0 spiro atoms. The topological polar surface area (TPSA) is 41.1 Å². The number of benzene rings is 1. The van der Waals surface area contributed by atoms with Crippen molar-refractivity contribution >= 4 is 11.8 Å². The minimum Gasteiger partial charge on any atom is -0.367 e. The monoisotopic (exact) mass is 270 g/mol. The number of anilines is 2. The summed E-state index contributed by atoms with van der Waals surface area (Å²) in [6.45, 7) is 2.18. The van der Waals surface area contributed by atoms with Crippen LogP contribution in [0, 0.1) is 0 Å². The maximum absolute atomic E-state index is 4.47. The van der Waals surface area contributed by atoms with Gasteiger partial charge < -0.3 is 10.2 Å². The second-order valence-electron chi connectivity index (χ2n) is 5.21. The molecule has 0 fully saturated rings. The molecule has 0 aliphatic rings. The highest BCUT2D eigenvalue weighted by molar-refractivity contribution is 5.40. The Morgan fingerprint density at radius 1 is 1.15 bits per heavy atom. The van der Waals surface area contributed by atoms with E-state index >= 15 is 0 Å². The van der Waals surface area contributed by atoms with E-state index < -0.39 is 0 Å². The molecule has 1 aromatic carbocycles. The molecule has 20 heavy (non-hydrogen) atoms. The van der Waals surface area contributed by atoms with E-state index in [2.05, 4.69) is 52.5 Å². The van der Waals surface area contributed by atoms with E-state index in [-0.39, 0.29) is 0 Å². The summed E-state index contributed by atoms with van der Waals surface area (Å²) in [5.41, 5.74) is 1.37. The highest BCUT2D eigenvalue weighted by atomic mass is 15.2. The van der Waals surface area contributed by atoms with Crippen LogP contribution in [0.5, 0.6) is 0 Å². The molecule has 0 radical (unpaired) electrons. The third kappa shape index (κ3) is 4.23. The summed E-state index contributed by atoms with van der Waals surface area (Å²) in [6, 6.07) is 12.8. The quantitative estimate of drug-likeness (QED) is 0.876. The van der Waals surface area contributed by atoms with E-state index in [1.165, 1.54) is 5.56 Å². The molecule has 0 saturated carbocycles. The van der Waals surface area contributed by atoms with Crippen molar-refractivity contribution in [3.63, 3.8) is 0 Å². The maximum Gasteiger partial charge on any atom is 0.226 e. The summed E-state index contributed by atoms with van der Waals surface area (Å²) < 4.78 is 0. The van der Waals surface area contributed by atoms with Gasteiger partial charge in [0.05, 0.1) is 0 Å². The van der Waals surface area contributed by atoms with Gasteiger partial charge in [0.15, 0.2) is 0 Å². The molecule has 0 saturated heterocycles. The number of hydrogen-bond acceptors (Lipinski definition) is 4. The van der Waals surface area contributed by atoms with Gasteiger partial charge in [-0.05, 0) is 31.4 Å². The molecule has 1 aromatic heterocycles. The SMILES string of the molecule is CC(CCc1ccccc1)Nc1ccnc(N(C)C)n1. The van der Waals surface area contributed by atoms with Gasteiger partial charge in [-0.1, -0.05) is 30.3 Å². The van der Waals surface area contributed by atoms with E-state index in [0.717, 1.165) is 24.6 Å². The van der Waals surface area contributed by atoms with Crippen LogP contribution in [0.3, 0.4) is 0 Å². The van der Waals surface area contributed by atoms with Crippen molar-refractivity contribution in [2.45, 2.75) is 25.8 Å². The first-order valence-electron chi connectivity index (χ1n) is 6.96. The summed E-state index contributed by atoms with van der Waals surface area (Å²) in [4.78, 5) is 10.6. The van der Waals surface area contributed by atoms with Crippen molar-refractivity contribution < 1.29 is 0 Å². The highest BCUT2D eigenvalue weighted by Gasteiger charge is 2.05. The lowest BCUT2D eigenvalue weighted by molar-refractivity contribution is 0.702. The first kappa shape index (κ1) is 14.3. The van der Waals surface area contributed by atoms with Crippen LogP contribution in [0.15, 0.2) is 42.6 Å². The molecule has 1 N–H and O–H groups in total. The average molecular weight is 270 g/mol. The number of nitrogens with one attached hydrogen (secondary N) is 1. The van der Waals surface area contributed by atoms with Gasteiger partial charge in [-0.2, -0.15) is 4.98 Å². The molecule has 4 heteroatoms. The van der Waals surface area contributed by atoms with Crippen LogP contribution in [-0.4, -0.2) is 30.1 Å². The molecular weight excluding hydrogens is 248 g/mol. The van der Waals surface area contributed by atoms with Crippen LogP contribution in [0.2, 0.25) is 0 Å². The molecule has 0 bridgehead atoms. The Bertz CT molecular complexity index is 525. The van der Waals surface area contributed by atoms with E-state index in [0.29, 0.717) is 6.04 Å². The number of rotatable bonds is 6. The van der Waals surface area contributed by atoms with Crippen LogP contribution < -0.4 is 10.2 Å². The third-order valence-corrected chi connectivity index (χ3v) is 3.15. The van der Waals surface area contributed by atoms with Crippen LogP contribution in [0.25, 0.3) is 0 Å². The molecule has 1 heterocycles. The van der Waals surface area contributed by atoms with Crippen LogP contribution >= 0.6 is 0 Å². The fraction of sp³-hybridized carbons (Fsp3) is 0.375. The van der Waals surface area contributed by atoms with Crippen molar-refractivity contribution in [1.82, 2.24) is 9.97 Å². The molecule has 2 rings (SSSR count). The zero-order valence-corrected chi connectivity index (χ0v) is 12.4. The largest absolute Gasteiger partial charge is 0.367 e. The number of hydrogen-bond donors (Lipinski definition) is 1. The van der Waals surface area contributed by atoms with Gasteiger partial charge in [0.25, 0.3) is 0 Å². The zero-order valence-electron chi connectivity index (χ0n) is 12.4. The van der Waals surface area contributed by atoms with Crippen molar-refractivity contribution in [1.29, 1.82) is 0 Å². The van der Waals surface area contributed by atoms with E-state index in [1.807, 2.05) is 25.1 Å². The minimum absolute atomic E-state index is 0.375. The third-order valence-electron chi connectivity index (χ3n) is 3.15. The van der Waals surface area contributed by atoms with Gasteiger partial charge >= 0.3 is 0 Å². The molecule has 106 valence electrons. The Labute approximate surface area is 120 Å². The van der Waals surface area contributed by atoms with Gasteiger partial charge in [-0.3, -0.25) is 0 Å². The number of aromatic nitrogens is 2. The summed E-state index contributed by atoms with van der Waals surface area (Å²) in [7, 11) is 3.88. The lowest BCUT2D eigenvalue weighted by Crippen LogP contribution is -2.19. The zero-order chi connectivity index (χ0) is 14.4. The Kier molecular flexibility index (Phi) is 4.93. The van der Waals surface area contributed by atoms with Gasteiger partial charge in [0, 0.05) is 26.3 Å². The summed E-state index contributed by atoms with van der Waals surface area (Å²) in [5, 5.41) is 3.43. The second kappa shape index (κ2) is 6.89. The number of aryl methyl sites for hydroxylation is 1. The van der Waals surface area contributed by atoms with Crippen molar-refractivity contribution in [3.05, 3.63) is 48.2 Å². The van der Waals surface area contributed by atoms with Gasteiger partial charge in [0.1, 0.15) is 5.82 Å². The molecule has 1 unspecified atom stereocenters. The van der Waals surface area contributed by atoms with Crippen LogP contribution in [-0.2, 0) is 6.42 Å². The average Bonchev–Trinajstić information content (AvgIpc) is 2.46. The maximum atomic E-state index is 4.47. The minimum atomic E-state index is 0.375. The van der Waals surface area contributed by atoms with Gasteiger partial charge in [0.2, 0.25) is 5.95 Å².